The van der Waals surface area contributed by atoms with Gasteiger partial charge in [0.1, 0.15) is 6.01 Å². The van der Waals surface area contributed by atoms with Crippen molar-refractivity contribution >= 4 is 28.8 Å². The van der Waals surface area contributed by atoms with Crippen molar-refractivity contribution in [3.8, 4) is 0 Å². The van der Waals surface area contributed by atoms with E-state index >= 15 is 0 Å². The topological polar surface area (TPSA) is 111 Å². The van der Waals surface area contributed by atoms with Gasteiger partial charge in [0, 0.05) is 12.1 Å². The van der Waals surface area contributed by atoms with E-state index in [0.717, 1.165) is 11.1 Å². The molecule has 0 aliphatic rings. The van der Waals surface area contributed by atoms with Crippen molar-refractivity contribution in [1.29, 1.82) is 0 Å². The van der Waals surface area contributed by atoms with Gasteiger partial charge in [0.2, 0.25) is 0 Å². The Morgan fingerprint density at radius 2 is 0.970 bits per heavy atom. The second kappa shape index (κ2) is 10.5. The minimum absolute atomic E-state index is 0.0102. The van der Waals surface area contributed by atoms with E-state index in [1.165, 1.54) is 12.1 Å². The van der Waals surface area contributed by atoms with Crippen molar-refractivity contribution in [1.82, 2.24) is 0 Å². The molecule has 0 aliphatic heterocycles. The lowest BCUT2D eigenvalue weighted by molar-refractivity contribution is -0.385. The molecule has 0 N–H and O–H groups in total. The van der Waals surface area contributed by atoms with Crippen molar-refractivity contribution in [2.24, 2.45) is 9.98 Å². The third-order valence-electron chi connectivity index (χ3n) is 5.57. The number of aliphatic imine (C=N–C) groups is 2. The molecule has 0 radical (unpaired) electrons. The first-order chi connectivity index (χ1) is 15.4. The minimum Gasteiger partial charge on any atom is -0.258 e. The lowest BCUT2D eigenvalue weighted by atomic mass is 9.91. The number of hydrogen-bond donors (Lipinski definition) is 0. The maximum absolute atomic E-state index is 11.7. The molecule has 0 aromatic heterocycles. The quantitative estimate of drug-likeness (QED) is 0.228. The van der Waals surface area contributed by atoms with E-state index in [1.54, 1.807) is 12.1 Å². The van der Waals surface area contributed by atoms with Gasteiger partial charge in [-0.05, 0) is 46.9 Å². The van der Waals surface area contributed by atoms with Crippen molar-refractivity contribution in [3.05, 3.63) is 66.7 Å². The summed E-state index contributed by atoms with van der Waals surface area (Å²) in [6.45, 7) is 15.5. The Morgan fingerprint density at radius 1 is 0.636 bits per heavy atom. The standard InChI is InChI=1S/C25H32N4O4/c1-14(2)18-9-11-20(28(30)31)22(16(5)6)24(18)26-13-27-25-19(15(3)4)10-12-21(29(32)33)23(25)17(7)8/h9-12,14-17H,1-8H3. The molecule has 33 heavy (non-hydrogen) atoms. The summed E-state index contributed by atoms with van der Waals surface area (Å²) in [5, 5.41) is 23.3. The Hall–Kier alpha value is -3.38. The van der Waals surface area contributed by atoms with Crippen LogP contribution in [-0.2, 0) is 0 Å². The maximum atomic E-state index is 11.7. The lowest BCUT2D eigenvalue weighted by Crippen LogP contribution is -2.02. The maximum Gasteiger partial charge on any atom is 0.275 e. The van der Waals surface area contributed by atoms with Gasteiger partial charge in [0.15, 0.2) is 0 Å². The number of nitrogens with zero attached hydrogens (tertiary/aromatic N) is 4. The summed E-state index contributed by atoms with van der Waals surface area (Å²) >= 11 is 0. The highest BCUT2D eigenvalue weighted by Crippen LogP contribution is 2.42. The van der Waals surface area contributed by atoms with Gasteiger partial charge in [0.05, 0.1) is 32.3 Å². The molecule has 2 aromatic rings. The predicted molar refractivity (Wildman–Crippen MR) is 132 cm³/mol. The minimum atomic E-state index is -0.399. The summed E-state index contributed by atoms with van der Waals surface area (Å²) in [7, 11) is 0. The number of nitro benzene ring substituents is 2. The number of hydrogen-bond acceptors (Lipinski definition) is 6. The van der Waals surface area contributed by atoms with Gasteiger partial charge in [-0.15, -0.1) is 0 Å². The summed E-state index contributed by atoms with van der Waals surface area (Å²) in [6, 6.07) is 9.23. The highest BCUT2D eigenvalue weighted by molar-refractivity contribution is 5.72. The zero-order chi connectivity index (χ0) is 25.0. The highest BCUT2D eigenvalue weighted by Gasteiger charge is 2.25. The molecule has 8 heteroatoms. The Labute approximate surface area is 194 Å². The molecular formula is C25H32N4O4. The lowest BCUT2D eigenvalue weighted by Gasteiger charge is -2.16. The van der Waals surface area contributed by atoms with Crippen LogP contribution in [0, 0.1) is 20.2 Å². The first-order valence-electron chi connectivity index (χ1n) is 11.2. The van der Waals surface area contributed by atoms with Crippen LogP contribution in [0.5, 0.6) is 0 Å². The number of rotatable bonds is 8. The molecule has 0 fully saturated rings. The molecule has 0 bridgehead atoms. The normalized spacial score (nSPS) is 11.3. The fourth-order valence-electron chi connectivity index (χ4n) is 3.99. The summed E-state index contributed by atoms with van der Waals surface area (Å²) in [6.07, 6.45) is 0. The summed E-state index contributed by atoms with van der Waals surface area (Å²) in [4.78, 5) is 31.4. The van der Waals surface area contributed by atoms with Gasteiger partial charge < -0.3 is 0 Å². The molecule has 0 saturated heterocycles. The molecule has 0 saturated carbocycles. The second-order valence-corrected chi connectivity index (χ2v) is 9.33. The van der Waals surface area contributed by atoms with Crippen molar-refractivity contribution in [3.63, 3.8) is 0 Å². The van der Waals surface area contributed by atoms with E-state index in [4.69, 9.17) is 0 Å². The summed E-state index contributed by atoms with van der Waals surface area (Å²) in [5.41, 5.74) is 3.77. The van der Waals surface area contributed by atoms with Gasteiger partial charge in [-0.3, -0.25) is 20.2 Å². The third kappa shape index (κ3) is 5.52. The molecular weight excluding hydrogens is 420 g/mol. The Kier molecular flexibility index (Phi) is 8.23. The first-order valence-corrected chi connectivity index (χ1v) is 11.2. The molecule has 0 amide bonds. The first kappa shape index (κ1) is 25.9. The second-order valence-electron chi connectivity index (χ2n) is 9.33. The predicted octanol–water partition coefficient (Wildman–Crippen LogP) is 8.13. The third-order valence-corrected chi connectivity index (χ3v) is 5.57. The Bertz CT molecular complexity index is 1040. The zero-order valence-electron chi connectivity index (χ0n) is 20.5. The Morgan fingerprint density at radius 3 is 1.21 bits per heavy atom. The fraction of sp³-hybridized carbons (Fsp3) is 0.480. The van der Waals surface area contributed by atoms with Crippen LogP contribution >= 0.6 is 0 Å². The van der Waals surface area contributed by atoms with Crippen molar-refractivity contribution in [2.75, 3.05) is 0 Å². The molecule has 0 aliphatic carbocycles. The van der Waals surface area contributed by atoms with Crippen LogP contribution < -0.4 is 0 Å². The average molecular weight is 453 g/mol. The monoisotopic (exact) mass is 452 g/mol. The zero-order valence-corrected chi connectivity index (χ0v) is 20.5. The number of nitro groups is 2. The smallest absolute Gasteiger partial charge is 0.258 e. The van der Waals surface area contributed by atoms with Gasteiger partial charge in [-0.2, -0.15) is 9.98 Å². The summed E-state index contributed by atoms with van der Waals surface area (Å²) < 4.78 is 0. The van der Waals surface area contributed by atoms with Crippen LogP contribution in [0.15, 0.2) is 34.3 Å². The molecule has 8 nitrogen and oxygen atoms in total. The van der Waals surface area contributed by atoms with Crippen molar-refractivity contribution in [2.45, 2.75) is 79.1 Å². The Balaban J connectivity index is 2.87. The van der Waals surface area contributed by atoms with Crippen LogP contribution in [-0.4, -0.2) is 15.9 Å². The molecule has 176 valence electrons. The SMILES string of the molecule is CC(C)c1ccc([N+](=O)[O-])c(C(C)C)c1N=C=Nc1c(C(C)C)ccc([N+](=O)[O-])c1C(C)C. The van der Waals surface area contributed by atoms with E-state index in [2.05, 4.69) is 16.0 Å². The van der Waals surface area contributed by atoms with Crippen LogP contribution in [0.4, 0.5) is 22.7 Å². The fourth-order valence-corrected chi connectivity index (χ4v) is 3.99. The molecule has 0 unspecified atom stereocenters. The largest absolute Gasteiger partial charge is 0.275 e. The van der Waals surface area contributed by atoms with Gasteiger partial charge in [-0.1, -0.05) is 55.4 Å². The van der Waals surface area contributed by atoms with Gasteiger partial charge >= 0.3 is 0 Å². The molecule has 0 heterocycles. The van der Waals surface area contributed by atoms with Crippen LogP contribution in [0.1, 0.15) is 101 Å². The van der Waals surface area contributed by atoms with Gasteiger partial charge in [-0.25, -0.2) is 0 Å². The van der Waals surface area contributed by atoms with E-state index < -0.39 is 9.85 Å². The van der Waals surface area contributed by atoms with Crippen LogP contribution in [0.3, 0.4) is 0 Å². The van der Waals surface area contributed by atoms with E-state index in [1.807, 2.05) is 55.4 Å². The highest BCUT2D eigenvalue weighted by atomic mass is 16.6. The van der Waals surface area contributed by atoms with Crippen molar-refractivity contribution < 1.29 is 9.85 Å². The molecule has 0 atom stereocenters. The van der Waals surface area contributed by atoms with E-state index in [0.29, 0.717) is 22.5 Å². The number of benzene rings is 2. The summed E-state index contributed by atoms with van der Waals surface area (Å²) in [5.74, 6) is -0.113. The van der Waals surface area contributed by atoms with E-state index in [9.17, 15) is 20.2 Å². The average Bonchev–Trinajstić information content (AvgIpc) is 2.71. The van der Waals surface area contributed by atoms with E-state index in [-0.39, 0.29) is 35.0 Å². The molecule has 2 aromatic carbocycles. The van der Waals surface area contributed by atoms with Gasteiger partial charge in [0.25, 0.3) is 11.4 Å². The molecule has 0 spiro atoms. The molecule has 2 rings (SSSR count). The van der Waals surface area contributed by atoms with Crippen LogP contribution in [0.2, 0.25) is 0 Å². The van der Waals surface area contributed by atoms with Crippen LogP contribution in [0.25, 0.3) is 0 Å².